The summed E-state index contributed by atoms with van der Waals surface area (Å²) >= 11 is 0. The van der Waals surface area contributed by atoms with Crippen molar-refractivity contribution >= 4 is 11.7 Å². The molecule has 1 N–H and O–H groups in total. The van der Waals surface area contributed by atoms with Crippen LogP contribution in [0.25, 0.3) is 0 Å². The van der Waals surface area contributed by atoms with Gasteiger partial charge < -0.3 is 10.0 Å². The van der Waals surface area contributed by atoms with E-state index >= 15 is 0 Å². The van der Waals surface area contributed by atoms with Gasteiger partial charge in [0, 0.05) is 12.7 Å². The van der Waals surface area contributed by atoms with Crippen LogP contribution < -0.4 is 4.90 Å². The summed E-state index contributed by atoms with van der Waals surface area (Å²) in [6.45, 7) is 5.55. The minimum absolute atomic E-state index is 0.822. The lowest BCUT2D eigenvalue weighted by Gasteiger charge is -2.33. The Labute approximate surface area is 103 Å². The average molecular weight is 235 g/mol. The van der Waals surface area contributed by atoms with Crippen molar-refractivity contribution in [3.8, 4) is 0 Å². The number of hydrogen-bond acceptors (Lipinski definition) is 2. The molecule has 0 spiro atoms. The van der Waals surface area contributed by atoms with Crippen LogP contribution in [0.5, 0.6) is 0 Å². The predicted octanol–water partition coefficient (Wildman–Crippen LogP) is 2.94. The normalized spacial score (nSPS) is 11.3. The molecule has 0 saturated carbocycles. The summed E-state index contributed by atoms with van der Waals surface area (Å²) in [4.78, 5) is 12.9. The highest BCUT2D eigenvalue weighted by atomic mass is 16.4. The van der Waals surface area contributed by atoms with E-state index in [9.17, 15) is 9.90 Å². The SMILES string of the molecule is CCCc1ccc(N(C)C(C)(C)C(=O)O)cc1. The van der Waals surface area contributed by atoms with Crippen molar-refractivity contribution in [2.24, 2.45) is 0 Å². The zero-order valence-electron chi connectivity index (χ0n) is 11.0. The maximum atomic E-state index is 11.2. The zero-order chi connectivity index (χ0) is 13.1. The van der Waals surface area contributed by atoms with Crippen LogP contribution in [0.4, 0.5) is 5.69 Å². The Morgan fingerprint density at radius 3 is 2.24 bits per heavy atom. The van der Waals surface area contributed by atoms with E-state index in [4.69, 9.17) is 0 Å². The molecule has 0 atom stereocenters. The van der Waals surface area contributed by atoms with Crippen LogP contribution in [0.1, 0.15) is 32.8 Å². The highest BCUT2D eigenvalue weighted by Crippen LogP contribution is 2.23. The average Bonchev–Trinajstić information content (AvgIpc) is 2.29. The van der Waals surface area contributed by atoms with E-state index in [2.05, 4.69) is 19.1 Å². The number of rotatable bonds is 5. The predicted molar refractivity (Wildman–Crippen MR) is 70.6 cm³/mol. The number of carboxylic acid groups (broad SMARTS) is 1. The van der Waals surface area contributed by atoms with Crippen molar-refractivity contribution in [2.45, 2.75) is 39.2 Å². The largest absolute Gasteiger partial charge is 0.480 e. The fraction of sp³-hybridized carbons (Fsp3) is 0.500. The molecule has 3 nitrogen and oxygen atoms in total. The van der Waals surface area contributed by atoms with E-state index in [0.29, 0.717) is 0 Å². The Hall–Kier alpha value is -1.51. The van der Waals surface area contributed by atoms with Gasteiger partial charge in [0.25, 0.3) is 0 Å². The summed E-state index contributed by atoms with van der Waals surface area (Å²) in [6.07, 6.45) is 2.18. The number of carbonyl (C=O) groups is 1. The summed E-state index contributed by atoms with van der Waals surface area (Å²) < 4.78 is 0. The minimum Gasteiger partial charge on any atom is -0.480 e. The molecule has 0 aliphatic carbocycles. The molecule has 0 heterocycles. The highest BCUT2D eigenvalue weighted by Gasteiger charge is 2.32. The molecule has 94 valence electrons. The molecule has 1 aromatic carbocycles. The third kappa shape index (κ3) is 2.99. The maximum Gasteiger partial charge on any atom is 0.328 e. The van der Waals surface area contributed by atoms with Gasteiger partial charge in [0.15, 0.2) is 0 Å². The summed E-state index contributed by atoms with van der Waals surface area (Å²) in [5.74, 6) is -0.822. The summed E-state index contributed by atoms with van der Waals surface area (Å²) in [5, 5.41) is 9.17. The minimum atomic E-state index is -0.897. The Kier molecular flexibility index (Phi) is 4.16. The Morgan fingerprint density at radius 2 is 1.82 bits per heavy atom. The summed E-state index contributed by atoms with van der Waals surface area (Å²) in [7, 11) is 1.81. The van der Waals surface area contributed by atoms with Crippen LogP contribution in [0.2, 0.25) is 0 Å². The maximum absolute atomic E-state index is 11.2. The molecular formula is C14H21NO2. The van der Waals surface area contributed by atoms with Crippen molar-refractivity contribution in [2.75, 3.05) is 11.9 Å². The van der Waals surface area contributed by atoms with Crippen molar-refractivity contribution in [3.63, 3.8) is 0 Å². The Morgan fingerprint density at radius 1 is 1.29 bits per heavy atom. The first-order valence-corrected chi connectivity index (χ1v) is 5.95. The molecule has 0 saturated heterocycles. The van der Waals surface area contributed by atoms with Gasteiger partial charge >= 0.3 is 5.97 Å². The number of carboxylic acids is 1. The third-order valence-electron chi connectivity index (χ3n) is 3.22. The number of aliphatic carboxylic acids is 1. The molecule has 0 fully saturated rings. The molecule has 0 bridgehead atoms. The fourth-order valence-corrected chi connectivity index (χ4v) is 1.64. The Balaban J connectivity index is 2.90. The molecular weight excluding hydrogens is 214 g/mol. The van der Waals surface area contributed by atoms with Crippen LogP contribution in [0.3, 0.4) is 0 Å². The number of anilines is 1. The van der Waals surface area contributed by atoms with E-state index in [-0.39, 0.29) is 0 Å². The molecule has 1 rings (SSSR count). The first-order chi connectivity index (χ1) is 7.89. The molecule has 0 aliphatic heterocycles. The van der Waals surface area contributed by atoms with Crippen LogP contribution >= 0.6 is 0 Å². The lowest BCUT2D eigenvalue weighted by atomic mass is 10.0. The van der Waals surface area contributed by atoms with Crippen molar-refractivity contribution in [1.29, 1.82) is 0 Å². The number of benzene rings is 1. The molecule has 17 heavy (non-hydrogen) atoms. The first-order valence-electron chi connectivity index (χ1n) is 5.95. The number of nitrogens with zero attached hydrogens (tertiary/aromatic N) is 1. The molecule has 0 amide bonds. The molecule has 1 aromatic rings. The van der Waals surface area contributed by atoms with E-state index in [0.717, 1.165) is 18.5 Å². The first kappa shape index (κ1) is 13.6. The number of likely N-dealkylation sites (N-methyl/N-ethyl adjacent to an activating group) is 1. The van der Waals surface area contributed by atoms with Gasteiger partial charge in [-0.3, -0.25) is 0 Å². The van der Waals surface area contributed by atoms with Gasteiger partial charge in [-0.05, 0) is 38.0 Å². The van der Waals surface area contributed by atoms with Gasteiger partial charge in [0.2, 0.25) is 0 Å². The monoisotopic (exact) mass is 235 g/mol. The van der Waals surface area contributed by atoms with E-state index < -0.39 is 11.5 Å². The van der Waals surface area contributed by atoms with Crippen LogP contribution in [-0.4, -0.2) is 23.7 Å². The topological polar surface area (TPSA) is 40.5 Å². The van der Waals surface area contributed by atoms with E-state index in [1.54, 1.807) is 18.7 Å². The van der Waals surface area contributed by atoms with E-state index in [1.165, 1.54) is 5.56 Å². The number of hydrogen-bond donors (Lipinski definition) is 1. The van der Waals surface area contributed by atoms with Gasteiger partial charge in [0.1, 0.15) is 5.54 Å². The van der Waals surface area contributed by atoms with Crippen LogP contribution in [-0.2, 0) is 11.2 Å². The fourth-order valence-electron chi connectivity index (χ4n) is 1.64. The second kappa shape index (κ2) is 5.21. The molecule has 0 aliphatic rings. The van der Waals surface area contributed by atoms with Crippen molar-refractivity contribution < 1.29 is 9.90 Å². The lowest BCUT2D eigenvalue weighted by Crippen LogP contribution is -2.48. The van der Waals surface area contributed by atoms with Gasteiger partial charge in [0.05, 0.1) is 0 Å². The third-order valence-corrected chi connectivity index (χ3v) is 3.22. The van der Waals surface area contributed by atoms with Crippen molar-refractivity contribution in [1.82, 2.24) is 0 Å². The second-order valence-corrected chi connectivity index (χ2v) is 4.84. The molecule has 0 aromatic heterocycles. The van der Waals surface area contributed by atoms with Gasteiger partial charge in [-0.2, -0.15) is 0 Å². The number of aryl methyl sites for hydroxylation is 1. The quantitative estimate of drug-likeness (QED) is 0.853. The Bertz CT molecular complexity index is 382. The van der Waals surface area contributed by atoms with Crippen LogP contribution in [0.15, 0.2) is 24.3 Å². The lowest BCUT2D eigenvalue weighted by molar-refractivity contribution is -0.142. The molecule has 0 radical (unpaired) electrons. The smallest absolute Gasteiger partial charge is 0.328 e. The standard InChI is InChI=1S/C14H21NO2/c1-5-6-11-7-9-12(10-8-11)15(4)14(2,3)13(16)17/h7-10H,5-6H2,1-4H3,(H,16,17). The van der Waals surface area contributed by atoms with Crippen LogP contribution in [0, 0.1) is 0 Å². The van der Waals surface area contributed by atoms with Gasteiger partial charge in [-0.15, -0.1) is 0 Å². The van der Waals surface area contributed by atoms with Gasteiger partial charge in [-0.1, -0.05) is 25.5 Å². The zero-order valence-corrected chi connectivity index (χ0v) is 11.0. The van der Waals surface area contributed by atoms with E-state index in [1.807, 2.05) is 19.2 Å². The molecule has 0 unspecified atom stereocenters. The molecule has 3 heteroatoms. The highest BCUT2D eigenvalue weighted by molar-refractivity contribution is 5.82. The summed E-state index contributed by atoms with van der Waals surface area (Å²) in [6, 6.07) is 8.09. The van der Waals surface area contributed by atoms with Crippen molar-refractivity contribution in [3.05, 3.63) is 29.8 Å². The second-order valence-electron chi connectivity index (χ2n) is 4.84. The van der Waals surface area contributed by atoms with Gasteiger partial charge in [-0.25, -0.2) is 4.79 Å². The summed E-state index contributed by atoms with van der Waals surface area (Å²) in [5.41, 5.74) is 1.32.